The van der Waals surface area contributed by atoms with E-state index in [1.54, 1.807) is 12.1 Å². The molecule has 0 radical (unpaired) electrons. The smallest absolute Gasteiger partial charge is 0.333 e. The van der Waals surface area contributed by atoms with Gasteiger partial charge in [0.1, 0.15) is 11.5 Å². The summed E-state index contributed by atoms with van der Waals surface area (Å²) in [4.78, 5) is 10.6. The maximum Gasteiger partial charge on any atom is 0.333 e. The van der Waals surface area contributed by atoms with Crippen LogP contribution in [0.1, 0.15) is 100 Å². The molecule has 0 heterocycles. The van der Waals surface area contributed by atoms with E-state index in [0.29, 0.717) is 25.2 Å². The molecular weight excluding hydrogens is 618 g/mol. The van der Waals surface area contributed by atoms with E-state index in [0.717, 1.165) is 69.4 Å². The van der Waals surface area contributed by atoms with Crippen LogP contribution >= 0.6 is 0 Å². The molecule has 0 unspecified atom stereocenters. The lowest BCUT2D eigenvalue weighted by Crippen LogP contribution is -2.35. The summed E-state index contributed by atoms with van der Waals surface area (Å²) in [6.07, 6.45) is 9.34. The number of nitro groups is 1. The van der Waals surface area contributed by atoms with Crippen molar-refractivity contribution in [2.45, 2.75) is 95.6 Å². The molecule has 256 valence electrons. The van der Waals surface area contributed by atoms with Crippen LogP contribution in [0.4, 0.5) is 5.69 Å². The summed E-state index contributed by atoms with van der Waals surface area (Å²) in [6, 6.07) is 24.4. The highest BCUT2D eigenvalue weighted by Crippen LogP contribution is 2.34. The van der Waals surface area contributed by atoms with E-state index >= 15 is 0 Å². The van der Waals surface area contributed by atoms with Gasteiger partial charge in [0.05, 0.1) is 18.1 Å². The first-order chi connectivity index (χ1) is 22.6. The van der Waals surface area contributed by atoms with Gasteiger partial charge in [-0.3, -0.25) is 14.7 Å². The average molecular weight is 668 g/mol. The van der Waals surface area contributed by atoms with Crippen molar-refractivity contribution >= 4 is 16.0 Å². The molecule has 3 aromatic rings. The second kappa shape index (κ2) is 18.1. The highest BCUT2D eigenvalue weighted by molar-refractivity contribution is 7.83. The second-order valence-electron chi connectivity index (χ2n) is 12.3. The lowest BCUT2D eigenvalue weighted by Gasteiger charge is -2.31. The Hall–Kier alpha value is -3.51. The Labute approximate surface area is 279 Å². The van der Waals surface area contributed by atoms with Crippen LogP contribution in [0.15, 0.2) is 72.8 Å². The number of ether oxygens (including phenoxy) is 2. The third kappa shape index (κ3) is 11.9. The van der Waals surface area contributed by atoms with Crippen LogP contribution in [-0.2, 0) is 10.3 Å². The van der Waals surface area contributed by atoms with Crippen LogP contribution in [0.2, 0.25) is 0 Å². The predicted molar refractivity (Wildman–Crippen MR) is 185 cm³/mol. The van der Waals surface area contributed by atoms with Crippen LogP contribution in [0.3, 0.4) is 0 Å². The first kappa shape index (κ1) is 36.3. The first-order valence-corrected chi connectivity index (χ1v) is 18.3. The fraction of sp³-hybridized carbons (Fsp3) is 0.500. The maximum atomic E-state index is 10.9. The molecule has 2 aliphatic carbocycles. The van der Waals surface area contributed by atoms with Gasteiger partial charge in [0.25, 0.3) is 5.69 Å². The molecule has 3 aromatic carbocycles. The summed E-state index contributed by atoms with van der Waals surface area (Å²) >= 11 is 0. The summed E-state index contributed by atoms with van der Waals surface area (Å²) < 4.78 is 42.6. The molecule has 3 N–H and O–H groups in total. The lowest BCUT2D eigenvalue weighted by atomic mass is 9.81. The molecule has 2 aliphatic rings. The Morgan fingerprint density at radius 1 is 0.766 bits per heavy atom. The topological polar surface area (TPSA) is 140 Å². The van der Waals surface area contributed by atoms with Gasteiger partial charge in [0, 0.05) is 36.7 Å². The van der Waals surface area contributed by atoms with Crippen molar-refractivity contribution in [1.29, 1.82) is 0 Å². The van der Waals surface area contributed by atoms with E-state index < -0.39 is 10.3 Å². The van der Waals surface area contributed by atoms with Crippen LogP contribution < -0.4 is 19.5 Å². The molecule has 0 spiro atoms. The summed E-state index contributed by atoms with van der Waals surface area (Å²) in [5, 5.41) is 14.8. The maximum absolute atomic E-state index is 10.9. The molecule has 0 bridgehead atoms. The summed E-state index contributed by atoms with van der Waals surface area (Å²) in [6.45, 7) is 6.17. The van der Waals surface area contributed by atoms with Crippen molar-refractivity contribution in [2.75, 3.05) is 19.8 Å². The predicted octanol–water partition coefficient (Wildman–Crippen LogP) is 7.55. The molecule has 2 fully saturated rings. The van der Waals surface area contributed by atoms with Gasteiger partial charge < -0.3 is 14.8 Å². The number of rotatable bonds is 13. The minimum atomic E-state index is -3.97. The SMILES string of the molecule is CCOc1ccc(C(CNC2CCC(c3ccc([N+](=O)[O-])cc3)CC2)c2ccc(OCC)cc2)cc1.O=S(=O)(O)NC1CCCCC1. The minimum Gasteiger partial charge on any atom is -0.494 e. The average Bonchev–Trinajstić information content (AvgIpc) is 3.07. The van der Waals surface area contributed by atoms with E-state index in [-0.39, 0.29) is 22.6 Å². The van der Waals surface area contributed by atoms with Gasteiger partial charge in [-0.2, -0.15) is 13.1 Å². The molecule has 2 saturated carbocycles. The third-order valence-corrected chi connectivity index (χ3v) is 9.65. The van der Waals surface area contributed by atoms with Gasteiger partial charge in [-0.1, -0.05) is 55.7 Å². The van der Waals surface area contributed by atoms with Crippen molar-refractivity contribution in [3.8, 4) is 11.5 Å². The second-order valence-corrected chi connectivity index (χ2v) is 13.5. The van der Waals surface area contributed by atoms with E-state index in [1.165, 1.54) is 23.1 Å². The van der Waals surface area contributed by atoms with Gasteiger partial charge in [-0.05, 0) is 99.2 Å². The Balaban J connectivity index is 0.000000385. The largest absolute Gasteiger partial charge is 0.494 e. The number of benzene rings is 3. The highest BCUT2D eigenvalue weighted by atomic mass is 32.2. The van der Waals surface area contributed by atoms with Gasteiger partial charge >= 0.3 is 10.3 Å². The van der Waals surface area contributed by atoms with Gasteiger partial charge in [0.15, 0.2) is 0 Å². The van der Waals surface area contributed by atoms with Crippen molar-refractivity contribution in [2.24, 2.45) is 0 Å². The molecule has 0 aromatic heterocycles. The highest BCUT2D eigenvalue weighted by Gasteiger charge is 2.24. The number of nitrogens with one attached hydrogen (secondary N) is 2. The molecule has 0 amide bonds. The fourth-order valence-corrected chi connectivity index (χ4v) is 7.23. The van der Waals surface area contributed by atoms with Crippen molar-refractivity contribution in [3.05, 3.63) is 99.6 Å². The van der Waals surface area contributed by atoms with Crippen LogP contribution in [0.5, 0.6) is 11.5 Å². The molecule has 0 aliphatic heterocycles. The van der Waals surface area contributed by atoms with E-state index in [4.69, 9.17) is 14.0 Å². The zero-order chi connectivity index (χ0) is 33.6. The Morgan fingerprint density at radius 2 is 1.28 bits per heavy atom. The molecular formula is C36H49N3O7S. The van der Waals surface area contributed by atoms with Crippen molar-refractivity contribution in [3.63, 3.8) is 0 Å². The number of non-ortho nitro benzene ring substituents is 1. The molecule has 11 heteroatoms. The zero-order valence-corrected chi connectivity index (χ0v) is 28.3. The number of hydrogen-bond donors (Lipinski definition) is 3. The molecule has 10 nitrogen and oxygen atoms in total. The van der Waals surface area contributed by atoms with Crippen molar-refractivity contribution < 1.29 is 27.4 Å². The Kier molecular flexibility index (Phi) is 14.0. The van der Waals surface area contributed by atoms with Crippen molar-refractivity contribution in [1.82, 2.24) is 10.0 Å². The molecule has 0 atom stereocenters. The Bertz CT molecular complexity index is 1420. The standard InChI is InChI=1S/C30H36N2O4.C6H13NO3S/c1-3-35-28-17-9-24(10-18-28)30(25-11-19-29(20-12-25)36-4-2)21-31-26-13-5-22(6-14-26)23-7-15-27(16-8-23)32(33)34;8-11(9,10)7-6-4-2-1-3-5-6/h7-12,15-20,22,26,30-31H,3-6,13-14,21H2,1-2H3;6-7H,1-5H2,(H,8,9,10). The molecule has 47 heavy (non-hydrogen) atoms. The van der Waals surface area contributed by atoms with Crippen LogP contribution in [-0.4, -0.2) is 49.7 Å². The van der Waals surface area contributed by atoms with Gasteiger partial charge in [-0.25, -0.2) is 0 Å². The van der Waals surface area contributed by atoms with E-state index in [1.807, 2.05) is 26.0 Å². The van der Waals surface area contributed by atoms with Gasteiger partial charge in [0.2, 0.25) is 0 Å². The third-order valence-electron chi connectivity index (χ3n) is 9.02. The molecule has 5 rings (SSSR count). The monoisotopic (exact) mass is 667 g/mol. The summed E-state index contributed by atoms with van der Waals surface area (Å²) in [7, 11) is -3.97. The van der Waals surface area contributed by atoms with Crippen LogP contribution in [0.25, 0.3) is 0 Å². The Morgan fingerprint density at radius 3 is 1.72 bits per heavy atom. The summed E-state index contributed by atoms with van der Waals surface area (Å²) in [5.74, 6) is 2.48. The zero-order valence-electron chi connectivity index (χ0n) is 27.5. The molecule has 0 saturated heterocycles. The van der Waals surface area contributed by atoms with Crippen LogP contribution in [0, 0.1) is 10.1 Å². The minimum absolute atomic E-state index is 0.0428. The normalized spacial score (nSPS) is 18.6. The first-order valence-electron chi connectivity index (χ1n) is 16.8. The number of hydrogen-bond acceptors (Lipinski definition) is 7. The summed E-state index contributed by atoms with van der Waals surface area (Å²) in [5.41, 5.74) is 3.88. The van der Waals surface area contributed by atoms with Gasteiger partial charge in [-0.15, -0.1) is 0 Å². The number of nitro benzene ring substituents is 1. The number of nitrogens with zero attached hydrogens (tertiary/aromatic N) is 1. The van der Waals surface area contributed by atoms with E-state index in [9.17, 15) is 18.5 Å². The lowest BCUT2D eigenvalue weighted by molar-refractivity contribution is -0.384. The van der Waals surface area contributed by atoms with E-state index in [2.05, 4.69) is 58.6 Å². The fourth-order valence-electron chi connectivity index (χ4n) is 6.57. The quantitative estimate of drug-likeness (QED) is 0.0965.